The number of carbonyl (C=O) groups is 1. The van der Waals surface area contributed by atoms with Crippen LogP contribution in [0.3, 0.4) is 0 Å². The molecule has 11 nitrogen and oxygen atoms in total. The number of carbonyl (C=O) groups excluding carboxylic acids is 1. The number of anilines is 1. The maximum atomic E-state index is 13.1. The molecule has 1 aliphatic heterocycles. The fourth-order valence-corrected chi connectivity index (χ4v) is 5.49. The third-order valence-electron chi connectivity index (χ3n) is 6.51. The number of nitrogens with one attached hydrogen (secondary N) is 3. The largest absolute Gasteiger partial charge is 0.390 e. The maximum Gasteiger partial charge on any atom is 0.253 e. The van der Waals surface area contributed by atoms with Gasteiger partial charge in [0, 0.05) is 42.8 Å². The summed E-state index contributed by atoms with van der Waals surface area (Å²) in [5.41, 5.74) is 3.08. The summed E-state index contributed by atoms with van der Waals surface area (Å²) in [4.78, 5) is 29.5. The topological polar surface area (TPSA) is 153 Å². The number of aliphatic hydroxyl groups is 1. The van der Waals surface area contributed by atoms with E-state index in [0.717, 1.165) is 35.9 Å². The van der Waals surface area contributed by atoms with E-state index in [2.05, 4.69) is 30.6 Å². The number of para-hydroxylation sites is 1. The minimum absolute atomic E-state index is 0.00633. The number of amides is 1. The van der Waals surface area contributed by atoms with Crippen LogP contribution in [0.1, 0.15) is 34.6 Å². The number of nitrogens with zero attached hydrogens (tertiary/aromatic N) is 4. The van der Waals surface area contributed by atoms with Crippen LogP contribution in [0.25, 0.3) is 10.9 Å². The highest BCUT2D eigenvalue weighted by Crippen LogP contribution is 2.22. The summed E-state index contributed by atoms with van der Waals surface area (Å²) in [6.45, 7) is 0.310. The second-order valence-electron chi connectivity index (χ2n) is 8.91. The van der Waals surface area contributed by atoms with Crippen LogP contribution in [0.5, 0.6) is 0 Å². The van der Waals surface area contributed by atoms with Crippen LogP contribution in [-0.4, -0.2) is 81.2 Å². The molecule has 5 rings (SSSR count). The zero-order chi connectivity index (χ0) is 23.9. The van der Waals surface area contributed by atoms with Gasteiger partial charge in [-0.25, -0.2) is 23.4 Å². The van der Waals surface area contributed by atoms with Crippen LogP contribution in [0, 0.1) is 0 Å². The van der Waals surface area contributed by atoms with Crippen LogP contribution in [0.15, 0.2) is 30.7 Å². The van der Waals surface area contributed by atoms with Crippen molar-refractivity contribution in [3.8, 4) is 0 Å². The van der Waals surface area contributed by atoms with Crippen molar-refractivity contribution in [2.45, 2.75) is 43.9 Å². The molecule has 1 fully saturated rings. The first-order valence-electron chi connectivity index (χ1n) is 11.3. The molecule has 3 aromatic rings. The lowest BCUT2D eigenvalue weighted by Gasteiger charge is -2.34. The van der Waals surface area contributed by atoms with Gasteiger partial charge < -0.3 is 20.7 Å². The van der Waals surface area contributed by atoms with E-state index in [-0.39, 0.29) is 24.4 Å². The SMILES string of the molecule is CS(=O)(=O)N1CC[C@@H](Nc2ncc3cccc(C(=O)N[C@@H]4CCc5[nH]cnc5C4)c3n2)[C@H](O)C1. The van der Waals surface area contributed by atoms with E-state index in [4.69, 9.17) is 0 Å². The van der Waals surface area contributed by atoms with Crippen LogP contribution in [0.4, 0.5) is 5.95 Å². The molecule has 2 aromatic heterocycles. The van der Waals surface area contributed by atoms with E-state index in [9.17, 15) is 18.3 Å². The first-order chi connectivity index (χ1) is 16.3. The molecule has 1 aromatic carbocycles. The predicted molar refractivity (Wildman–Crippen MR) is 126 cm³/mol. The Bertz CT molecular complexity index is 1330. The molecule has 1 saturated heterocycles. The van der Waals surface area contributed by atoms with Crippen molar-refractivity contribution < 1.29 is 18.3 Å². The average Bonchev–Trinajstić information content (AvgIpc) is 3.27. The second-order valence-corrected chi connectivity index (χ2v) is 10.9. The van der Waals surface area contributed by atoms with E-state index >= 15 is 0 Å². The molecule has 3 heterocycles. The van der Waals surface area contributed by atoms with Gasteiger partial charge in [-0.05, 0) is 25.3 Å². The van der Waals surface area contributed by atoms with Crippen molar-refractivity contribution in [3.05, 3.63) is 47.7 Å². The second kappa shape index (κ2) is 8.93. The number of hydrogen-bond acceptors (Lipinski definition) is 8. The fourth-order valence-electron chi connectivity index (χ4n) is 4.63. The van der Waals surface area contributed by atoms with Crippen LogP contribution in [0.2, 0.25) is 0 Å². The number of fused-ring (bicyclic) bond motifs is 2. The summed E-state index contributed by atoms with van der Waals surface area (Å²) in [5, 5.41) is 17.4. The number of benzene rings is 1. The highest BCUT2D eigenvalue weighted by molar-refractivity contribution is 7.88. The first-order valence-corrected chi connectivity index (χ1v) is 13.1. The molecule has 3 atom stereocenters. The van der Waals surface area contributed by atoms with E-state index in [1.165, 1.54) is 4.31 Å². The van der Waals surface area contributed by atoms with Gasteiger partial charge in [-0.2, -0.15) is 4.31 Å². The lowest BCUT2D eigenvalue weighted by Crippen LogP contribution is -2.51. The Hall–Kier alpha value is -3.09. The molecular formula is C22H27N7O4S. The smallest absolute Gasteiger partial charge is 0.253 e. The quantitative estimate of drug-likeness (QED) is 0.406. The van der Waals surface area contributed by atoms with Crippen LogP contribution >= 0.6 is 0 Å². The molecule has 0 unspecified atom stereocenters. The van der Waals surface area contributed by atoms with Gasteiger partial charge in [-0.1, -0.05) is 12.1 Å². The zero-order valence-corrected chi connectivity index (χ0v) is 19.5. The Morgan fingerprint density at radius 3 is 2.91 bits per heavy atom. The minimum Gasteiger partial charge on any atom is -0.390 e. The Balaban J connectivity index is 1.32. The number of rotatable bonds is 5. The summed E-state index contributed by atoms with van der Waals surface area (Å²) in [6, 6.07) is 4.96. The van der Waals surface area contributed by atoms with Crippen molar-refractivity contribution >= 4 is 32.8 Å². The van der Waals surface area contributed by atoms with E-state index in [1.807, 2.05) is 6.07 Å². The summed E-state index contributed by atoms with van der Waals surface area (Å²) >= 11 is 0. The lowest BCUT2D eigenvalue weighted by atomic mass is 9.95. The molecule has 0 radical (unpaired) electrons. The van der Waals surface area contributed by atoms with Crippen molar-refractivity contribution in [1.82, 2.24) is 29.6 Å². The van der Waals surface area contributed by atoms with E-state index < -0.39 is 22.2 Å². The van der Waals surface area contributed by atoms with Gasteiger partial charge in [0.1, 0.15) is 0 Å². The Kier molecular flexibility index (Phi) is 5.96. The van der Waals surface area contributed by atoms with Gasteiger partial charge in [0.25, 0.3) is 5.91 Å². The number of β-amino-alcohol motifs (C(OH)–C–C–N with tert-alkyl or cyclic N) is 1. The third-order valence-corrected chi connectivity index (χ3v) is 7.78. The number of aromatic amines is 1. The van der Waals surface area contributed by atoms with Gasteiger partial charge in [-0.15, -0.1) is 0 Å². The van der Waals surface area contributed by atoms with Gasteiger partial charge in [0.05, 0.1) is 41.5 Å². The van der Waals surface area contributed by atoms with Crippen LogP contribution < -0.4 is 10.6 Å². The lowest BCUT2D eigenvalue weighted by molar-refractivity contribution is 0.0934. The van der Waals surface area contributed by atoms with Crippen molar-refractivity contribution in [1.29, 1.82) is 0 Å². The first kappa shape index (κ1) is 22.7. The number of aliphatic hydroxyl groups excluding tert-OH is 1. The third kappa shape index (κ3) is 4.61. The molecule has 12 heteroatoms. The number of hydrogen-bond donors (Lipinski definition) is 4. The molecule has 4 N–H and O–H groups in total. The molecular weight excluding hydrogens is 458 g/mol. The number of H-pyrrole nitrogens is 1. The molecule has 34 heavy (non-hydrogen) atoms. The number of aryl methyl sites for hydroxylation is 1. The van der Waals surface area contributed by atoms with E-state index in [1.54, 1.807) is 24.7 Å². The molecule has 1 amide bonds. The van der Waals surface area contributed by atoms with Crippen LogP contribution in [-0.2, 0) is 22.9 Å². The molecule has 0 spiro atoms. The molecule has 180 valence electrons. The number of imidazole rings is 1. The summed E-state index contributed by atoms with van der Waals surface area (Å²) < 4.78 is 24.8. The van der Waals surface area contributed by atoms with Crippen molar-refractivity contribution in [3.63, 3.8) is 0 Å². The normalized spacial score (nSPS) is 23.4. The number of aromatic nitrogens is 4. The van der Waals surface area contributed by atoms with Gasteiger partial charge in [0.2, 0.25) is 16.0 Å². The van der Waals surface area contributed by atoms with Gasteiger partial charge in [0.15, 0.2) is 0 Å². The Morgan fingerprint density at radius 2 is 2.12 bits per heavy atom. The summed E-state index contributed by atoms with van der Waals surface area (Å²) in [7, 11) is -3.36. The number of piperidine rings is 1. The molecule has 0 saturated carbocycles. The molecule has 0 bridgehead atoms. The maximum absolute atomic E-state index is 13.1. The van der Waals surface area contributed by atoms with Crippen molar-refractivity contribution in [2.24, 2.45) is 0 Å². The Morgan fingerprint density at radius 1 is 1.26 bits per heavy atom. The zero-order valence-electron chi connectivity index (χ0n) is 18.7. The van der Waals surface area contributed by atoms with Gasteiger partial charge >= 0.3 is 0 Å². The molecule has 1 aliphatic carbocycles. The number of sulfonamides is 1. The Labute approximate surface area is 197 Å². The fraction of sp³-hybridized carbons (Fsp3) is 0.455. The average molecular weight is 486 g/mol. The summed E-state index contributed by atoms with van der Waals surface area (Å²) in [5.74, 6) is 0.0733. The monoisotopic (exact) mass is 485 g/mol. The highest BCUT2D eigenvalue weighted by atomic mass is 32.2. The minimum atomic E-state index is -3.36. The predicted octanol–water partition coefficient (Wildman–Crippen LogP) is 0.447. The van der Waals surface area contributed by atoms with Gasteiger partial charge in [-0.3, -0.25) is 4.79 Å². The highest BCUT2D eigenvalue weighted by Gasteiger charge is 2.32. The van der Waals surface area contributed by atoms with E-state index in [0.29, 0.717) is 30.5 Å². The summed E-state index contributed by atoms with van der Waals surface area (Å²) in [6.07, 6.45) is 6.32. The molecule has 2 aliphatic rings. The standard InChI is InChI=1S/C22H27N7O4S/c1-34(32,33)29-8-7-17(19(30)11-29)27-22-23-10-13-3-2-4-15(20(13)28-22)21(31)26-14-5-6-16-18(9-14)25-12-24-16/h2-4,10,12,14,17,19,30H,5-9,11H2,1H3,(H,24,25)(H,26,31)(H,23,27,28)/t14-,17-,19-/m1/s1. The van der Waals surface area contributed by atoms with Crippen molar-refractivity contribution in [2.75, 3.05) is 24.7 Å².